The van der Waals surface area contributed by atoms with E-state index in [0.717, 1.165) is 44.0 Å². The van der Waals surface area contributed by atoms with Gasteiger partial charge in [-0.1, -0.05) is 0 Å². The third-order valence-corrected chi connectivity index (χ3v) is 8.20. The minimum atomic E-state index is -1.51. The second-order valence-corrected chi connectivity index (χ2v) is 11.6. The summed E-state index contributed by atoms with van der Waals surface area (Å²) in [7, 11) is 1.55. The Kier molecular flexibility index (Phi) is 5.92. The first-order valence-electron chi connectivity index (χ1n) is 13.4. The van der Waals surface area contributed by atoms with Crippen molar-refractivity contribution >= 4 is 34.5 Å². The summed E-state index contributed by atoms with van der Waals surface area (Å²) in [6.07, 6.45) is 7.69. The number of halogens is 1. The number of fused-ring (bicyclic) bond motifs is 1. The number of nitrogens with one attached hydrogen (secondary N) is 2. The highest BCUT2D eigenvalue weighted by atomic mass is 19.1. The first-order valence-corrected chi connectivity index (χ1v) is 13.4. The van der Waals surface area contributed by atoms with E-state index in [-0.39, 0.29) is 24.2 Å². The number of amides is 3. The van der Waals surface area contributed by atoms with E-state index in [0.29, 0.717) is 41.5 Å². The molecule has 3 amide bonds. The van der Waals surface area contributed by atoms with Crippen LogP contribution in [-0.2, 0) is 6.54 Å². The number of urea groups is 1. The summed E-state index contributed by atoms with van der Waals surface area (Å²) in [5.41, 5.74) is 0.736. The van der Waals surface area contributed by atoms with Crippen molar-refractivity contribution in [2.45, 2.75) is 69.7 Å². The average Bonchev–Trinajstić information content (AvgIpc) is 3.31. The lowest BCUT2D eigenvalue weighted by Gasteiger charge is -2.43. The van der Waals surface area contributed by atoms with Crippen LogP contribution in [-0.4, -0.2) is 95.9 Å². The number of carboxylic acid groups (broad SMARTS) is 1. The van der Waals surface area contributed by atoms with Crippen molar-refractivity contribution in [3.05, 3.63) is 18.5 Å². The van der Waals surface area contributed by atoms with Crippen LogP contribution in [0.2, 0.25) is 0 Å². The number of carbonyl (C=O) groups excluding carboxylic acids is 1. The van der Waals surface area contributed by atoms with E-state index in [1.165, 1.54) is 18.7 Å². The quantitative estimate of drug-likeness (QED) is 0.432. The summed E-state index contributed by atoms with van der Waals surface area (Å²) >= 11 is 0. The van der Waals surface area contributed by atoms with Gasteiger partial charge in [-0.25, -0.2) is 14.0 Å². The molecule has 39 heavy (non-hydrogen) atoms. The third kappa shape index (κ3) is 4.63. The van der Waals surface area contributed by atoms with Crippen molar-refractivity contribution in [1.82, 2.24) is 34.8 Å². The summed E-state index contributed by atoms with van der Waals surface area (Å²) in [5, 5.41) is 25.0. The lowest BCUT2D eigenvalue weighted by Crippen LogP contribution is -2.59. The van der Waals surface area contributed by atoms with E-state index in [4.69, 9.17) is 5.10 Å². The molecule has 3 aliphatic rings. The minimum absolute atomic E-state index is 0.0145. The van der Waals surface area contributed by atoms with Gasteiger partial charge in [-0.2, -0.15) is 10.2 Å². The number of hydrogen-bond acceptors (Lipinski definition) is 6. The Hall–Kier alpha value is -3.90. The molecule has 3 aromatic rings. The van der Waals surface area contributed by atoms with Gasteiger partial charge in [0.1, 0.15) is 11.4 Å². The number of aromatic nitrogens is 5. The lowest BCUT2D eigenvalue weighted by atomic mass is 10.0. The molecule has 3 N–H and O–H groups in total. The maximum absolute atomic E-state index is 14.8. The van der Waals surface area contributed by atoms with Crippen LogP contribution in [0.5, 0.6) is 0 Å². The zero-order valence-electron chi connectivity index (χ0n) is 22.4. The number of nitrogens with zero attached hydrogens (tertiary/aromatic N) is 7. The van der Waals surface area contributed by atoms with Crippen LogP contribution in [0.1, 0.15) is 46.0 Å². The van der Waals surface area contributed by atoms with Crippen LogP contribution < -0.4 is 10.2 Å². The van der Waals surface area contributed by atoms with Crippen LogP contribution in [0, 0.1) is 0 Å². The fraction of sp³-hybridized carbons (Fsp3) is 0.577. The highest BCUT2D eigenvalue weighted by molar-refractivity contribution is 5.96. The molecule has 3 fully saturated rings. The van der Waals surface area contributed by atoms with E-state index in [1.54, 1.807) is 24.1 Å². The maximum atomic E-state index is 14.8. The van der Waals surface area contributed by atoms with Crippen molar-refractivity contribution in [3.8, 4) is 11.4 Å². The van der Waals surface area contributed by atoms with Crippen LogP contribution >= 0.6 is 0 Å². The van der Waals surface area contributed by atoms with Gasteiger partial charge in [-0.15, -0.1) is 0 Å². The Labute approximate surface area is 225 Å². The molecule has 208 valence electrons. The Morgan fingerprint density at radius 1 is 1.28 bits per heavy atom. The largest absolute Gasteiger partial charge is 0.465 e. The highest BCUT2D eigenvalue weighted by Gasteiger charge is 2.51. The molecule has 12 nitrogen and oxygen atoms in total. The number of likely N-dealkylation sites (tertiary alicyclic amines) is 1. The second kappa shape index (κ2) is 9.09. The van der Waals surface area contributed by atoms with Gasteiger partial charge in [0.25, 0.3) is 0 Å². The van der Waals surface area contributed by atoms with Crippen LogP contribution in [0.15, 0.2) is 18.5 Å². The molecule has 0 bridgehead atoms. The molecule has 2 saturated heterocycles. The number of likely N-dealkylation sites (N-methyl/N-ethyl adjacent to an activating group) is 1. The molecular formula is C26H34FN9O3. The van der Waals surface area contributed by atoms with Gasteiger partial charge in [0.2, 0.25) is 0 Å². The summed E-state index contributed by atoms with van der Waals surface area (Å²) in [4.78, 5) is 34.4. The van der Waals surface area contributed by atoms with Gasteiger partial charge in [-0.05, 0) is 52.0 Å². The molecule has 1 aliphatic carbocycles. The SMILES string of the molecule is CN(C(=O)O)C1CN(c2nn(CC(C)(C)F)c3cc(-c4n[nH]cc4NC(=O)N4CCCCC45CC5)ncc23)C1. The molecular weight excluding hydrogens is 505 g/mol. The third-order valence-electron chi connectivity index (χ3n) is 8.20. The highest BCUT2D eigenvalue weighted by Crippen LogP contribution is 2.48. The number of pyridine rings is 1. The molecule has 2 aliphatic heterocycles. The number of alkyl halides is 1. The molecule has 0 atom stereocenters. The van der Waals surface area contributed by atoms with Crippen LogP contribution in [0.3, 0.4) is 0 Å². The van der Waals surface area contributed by atoms with Gasteiger partial charge in [-0.3, -0.25) is 14.8 Å². The maximum Gasteiger partial charge on any atom is 0.407 e. The molecule has 3 aromatic heterocycles. The minimum Gasteiger partial charge on any atom is -0.465 e. The molecule has 13 heteroatoms. The standard InChI is InChI=1S/C26H34FN9O3/c1-25(2,27)15-36-20-10-18(28-11-17(20)22(32-36)34-13-16(14-34)33(3)24(38)39)21-19(12-29-31-21)30-23(37)35-9-5-4-6-26(35)7-8-26/h10-12,16H,4-9,13-15H2,1-3H3,(H,29,31)(H,30,37)(H,38,39). The average molecular weight is 540 g/mol. The van der Waals surface area contributed by atoms with Gasteiger partial charge in [0.15, 0.2) is 5.82 Å². The monoisotopic (exact) mass is 539 g/mol. The van der Waals surface area contributed by atoms with Crippen molar-refractivity contribution < 1.29 is 19.1 Å². The van der Waals surface area contributed by atoms with E-state index < -0.39 is 11.8 Å². The zero-order valence-corrected chi connectivity index (χ0v) is 22.4. The normalized spacial score (nSPS) is 18.9. The van der Waals surface area contributed by atoms with Gasteiger partial charge < -0.3 is 25.1 Å². The summed E-state index contributed by atoms with van der Waals surface area (Å²) in [5.74, 6) is 0.638. The van der Waals surface area contributed by atoms with Crippen LogP contribution in [0.25, 0.3) is 22.3 Å². The molecule has 0 radical (unpaired) electrons. The number of rotatable bonds is 6. The number of anilines is 2. The summed E-state index contributed by atoms with van der Waals surface area (Å²) < 4.78 is 16.4. The van der Waals surface area contributed by atoms with E-state index in [2.05, 4.69) is 20.5 Å². The predicted molar refractivity (Wildman–Crippen MR) is 144 cm³/mol. The van der Waals surface area contributed by atoms with Crippen molar-refractivity contribution in [3.63, 3.8) is 0 Å². The fourth-order valence-electron chi connectivity index (χ4n) is 5.76. The first-order chi connectivity index (χ1) is 18.5. The molecule has 5 heterocycles. The molecule has 1 spiro atoms. The summed E-state index contributed by atoms with van der Waals surface area (Å²) in [6, 6.07) is 1.55. The Morgan fingerprint density at radius 3 is 2.74 bits per heavy atom. The lowest BCUT2D eigenvalue weighted by molar-refractivity contribution is 0.129. The number of piperidine rings is 1. The zero-order chi connectivity index (χ0) is 27.5. The van der Waals surface area contributed by atoms with E-state index >= 15 is 0 Å². The van der Waals surface area contributed by atoms with Crippen LogP contribution in [0.4, 0.5) is 25.5 Å². The number of carbonyl (C=O) groups is 2. The first kappa shape index (κ1) is 25.4. The molecule has 0 unspecified atom stereocenters. The fourth-order valence-corrected chi connectivity index (χ4v) is 5.76. The molecule has 6 rings (SSSR count). The van der Waals surface area contributed by atoms with E-state index in [1.807, 2.05) is 15.9 Å². The van der Waals surface area contributed by atoms with Crippen molar-refractivity contribution in [1.29, 1.82) is 0 Å². The number of hydrogen-bond donors (Lipinski definition) is 3. The molecule has 1 saturated carbocycles. The number of H-pyrrole nitrogens is 1. The number of aromatic amines is 1. The van der Waals surface area contributed by atoms with Crippen molar-refractivity contribution in [2.75, 3.05) is 36.9 Å². The Balaban J connectivity index is 1.29. The second-order valence-electron chi connectivity index (χ2n) is 11.6. The Bertz CT molecular complexity index is 1420. The topological polar surface area (TPSA) is 136 Å². The summed E-state index contributed by atoms with van der Waals surface area (Å²) in [6.45, 7) is 4.76. The van der Waals surface area contributed by atoms with E-state index in [9.17, 15) is 19.1 Å². The van der Waals surface area contributed by atoms with Gasteiger partial charge in [0.05, 0.1) is 34.9 Å². The predicted octanol–water partition coefficient (Wildman–Crippen LogP) is 3.92. The van der Waals surface area contributed by atoms with Crippen molar-refractivity contribution in [2.24, 2.45) is 0 Å². The molecule has 0 aromatic carbocycles. The smallest absolute Gasteiger partial charge is 0.407 e. The van der Waals surface area contributed by atoms with Gasteiger partial charge in [0, 0.05) is 44.6 Å². The Morgan fingerprint density at radius 2 is 2.05 bits per heavy atom. The van der Waals surface area contributed by atoms with Gasteiger partial charge >= 0.3 is 12.1 Å².